The van der Waals surface area contributed by atoms with Crippen molar-refractivity contribution in [1.29, 1.82) is 5.26 Å². The van der Waals surface area contributed by atoms with Gasteiger partial charge in [0, 0.05) is 11.8 Å². The van der Waals surface area contributed by atoms with Gasteiger partial charge in [-0.1, -0.05) is 18.2 Å². The second-order valence-corrected chi connectivity index (χ2v) is 6.43. The van der Waals surface area contributed by atoms with Crippen LogP contribution in [0.15, 0.2) is 53.4 Å². The number of para-hydroxylation sites is 1. The minimum Gasteiger partial charge on any atom is -0.321 e. The number of nitrogens with one attached hydrogen (secondary N) is 1. The normalized spacial score (nSPS) is 10.7. The Hall–Kier alpha value is -2.65. The molecular formula is C15H12N2O3S. The molecule has 0 heterocycles. The van der Waals surface area contributed by atoms with Gasteiger partial charge in [0.1, 0.15) is 6.07 Å². The van der Waals surface area contributed by atoms with Crippen LogP contribution in [0.4, 0.5) is 5.69 Å². The first-order chi connectivity index (χ1) is 9.91. The summed E-state index contributed by atoms with van der Waals surface area (Å²) in [6, 6.07) is 14.3. The topological polar surface area (TPSA) is 87.0 Å². The fourth-order valence-corrected chi connectivity index (χ4v) is 2.42. The second-order valence-electron chi connectivity index (χ2n) is 4.41. The Kier molecular flexibility index (Phi) is 4.05. The molecule has 0 unspecified atom stereocenters. The first kappa shape index (κ1) is 14.8. The van der Waals surface area contributed by atoms with Crippen LogP contribution < -0.4 is 5.32 Å². The van der Waals surface area contributed by atoms with Crippen molar-refractivity contribution in [3.63, 3.8) is 0 Å². The third kappa shape index (κ3) is 3.46. The second kappa shape index (κ2) is 5.77. The number of benzene rings is 2. The van der Waals surface area contributed by atoms with Gasteiger partial charge in [-0.25, -0.2) is 8.42 Å². The predicted molar refractivity (Wildman–Crippen MR) is 78.7 cm³/mol. The van der Waals surface area contributed by atoms with Crippen LogP contribution >= 0.6 is 0 Å². The van der Waals surface area contributed by atoms with Crippen LogP contribution in [0, 0.1) is 11.3 Å². The van der Waals surface area contributed by atoms with Gasteiger partial charge in [0.05, 0.1) is 16.1 Å². The number of anilines is 1. The lowest BCUT2D eigenvalue weighted by Crippen LogP contribution is -2.13. The first-order valence-corrected chi connectivity index (χ1v) is 7.91. The molecule has 1 amide bonds. The Balaban J connectivity index is 2.32. The summed E-state index contributed by atoms with van der Waals surface area (Å²) >= 11 is 0. The van der Waals surface area contributed by atoms with E-state index >= 15 is 0 Å². The van der Waals surface area contributed by atoms with Crippen LogP contribution in [0.5, 0.6) is 0 Å². The molecule has 6 heteroatoms. The summed E-state index contributed by atoms with van der Waals surface area (Å²) < 4.78 is 23.0. The Bertz CT molecular complexity index is 836. The lowest BCUT2D eigenvalue weighted by atomic mass is 10.1. The molecule has 2 aromatic carbocycles. The van der Waals surface area contributed by atoms with Crippen molar-refractivity contribution in [3.8, 4) is 6.07 Å². The summed E-state index contributed by atoms with van der Waals surface area (Å²) in [5.74, 6) is -0.469. The molecule has 106 valence electrons. The Morgan fingerprint density at radius 1 is 1.14 bits per heavy atom. The largest absolute Gasteiger partial charge is 0.321 e. The number of carbonyl (C=O) groups excluding carboxylic acids is 1. The molecule has 2 aromatic rings. The van der Waals surface area contributed by atoms with Gasteiger partial charge in [-0.15, -0.1) is 0 Å². The fraction of sp³-hybridized carbons (Fsp3) is 0.0667. The fourth-order valence-electron chi connectivity index (χ4n) is 1.75. The molecule has 0 aliphatic carbocycles. The lowest BCUT2D eigenvalue weighted by molar-refractivity contribution is 0.102. The van der Waals surface area contributed by atoms with Crippen LogP contribution in [-0.4, -0.2) is 20.6 Å². The Morgan fingerprint density at radius 2 is 1.86 bits per heavy atom. The molecule has 0 aliphatic rings. The summed E-state index contributed by atoms with van der Waals surface area (Å²) in [5, 5.41) is 11.6. The minimum atomic E-state index is -3.38. The van der Waals surface area contributed by atoms with Crippen LogP contribution in [-0.2, 0) is 9.84 Å². The zero-order chi connectivity index (χ0) is 15.5. The molecule has 0 atom stereocenters. The van der Waals surface area contributed by atoms with Crippen LogP contribution in [0.25, 0.3) is 0 Å². The van der Waals surface area contributed by atoms with Crippen molar-refractivity contribution >= 4 is 21.4 Å². The van der Waals surface area contributed by atoms with E-state index in [0.29, 0.717) is 11.3 Å². The van der Waals surface area contributed by atoms with Crippen molar-refractivity contribution < 1.29 is 13.2 Å². The monoisotopic (exact) mass is 300 g/mol. The highest BCUT2D eigenvalue weighted by atomic mass is 32.2. The van der Waals surface area contributed by atoms with Gasteiger partial charge < -0.3 is 5.32 Å². The molecule has 1 N–H and O–H groups in total. The minimum absolute atomic E-state index is 0.0729. The summed E-state index contributed by atoms with van der Waals surface area (Å²) in [4.78, 5) is 12.2. The van der Waals surface area contributed by atoms with E-state index in [1.165, 1.54) is 24.3 Å². The van der Waals surface area contributed by atoms with Gasteiger partial charge >= 0.3 is 0 Å². The maximum Gasteiger partial charge on any atom is 0.255 e. The quantitative estimate of drug-likeness (QED) is 0.941. The van der Waals surface area contributed by atoms with E-state index in [0.717, 1.165) is 6.26 Å². The number of hydrogen-bond acceptors (Lipinski definition) is 4. The predicted octanol–water partition coefficient (Wildman–Crippen LogP) is 2.21. The molecule has 2 rings (SSSR count). The number of nitrogens with zero attached hydrogens (tertiary/aromatic N) is 1. The van der Waals surface area contributed by atoms with Crippen LogP contribution in [0.3, 0.4) is 0 Å². The molecule has 21 heavy (non-hydrogen) atoms. The van der Waals surface area contributed by atoms with Gasteiger partial charge in [-0.05, 0) is 30.3 Å². The number of carbonyl (C=O) groups is 1. The maximum absolute atomic E-state index is 12.1. The van der Waals surface area contributed by atoms with Crippen LogP contribution in [0.2, 0.25) is 0 Å². The molecule has 5 nitrogen and oxygen atoms in total. The van der Waals surface area contributed by atoms with Crippen molar-refractivity contribution in [2.45, 2.75) is 4.90 Å². The van der Waals surface area contributed by atoms with Gasteiger partial charge in [-0.2, -0.15) is 5.26 Å². The van der Waals surface area contributed by atoms with Gasteiger partial charge in [-0.3, -0.25) is 4.79 Å². The molecular weight excluding hydrogens is 288 g/mol. The molecule has 0 saturated carbocycles. The summed E-state index contributed by atoms with van der Waals surface area (Å²) in [6.45, 7) is 0. The molecule has 0 radical (unpaired) electrons. The van der Waals surface area contributed by atoms with Crippen molar-refractivity contribution in [1.82, 2.24) is 0 Å². The number of amides is 1. The van der Waals surface area contributed by atoms with E-state index in [2.05, 4.69) is 5.32 Å². The summed E-state index contributed by atoms with van der Waals surface area (Å²) in [6.07, 6.45) is 1.08. The molecule has 0 aliphatic heterocycles. The average Bonchev–Trinajstić information content (AvgIpc) is 2.47. The van der Waals surface area contributed by atoms with E-state index in [-0.39, 0.29) is 10.5 Å². The van der Waals surface area contributed by atoms with E-state index in [9.17, 15) is 13.2 Å². The van der Waals surface area contributed by atoms with Gasteiger partial charge in [0.25, 0.3) is 5.91 Å². The summed E-state index contributed by atoms with van der Waals surface area (Å²) in [7, 11) is -3.38. The van der Waals surface area contributed by atoms with E-state index in [1.807, 2.05) is 6.07 Å². The SMILES string of the molecule is CS(=O)(=O)c1cccc(C(=O)Nc2ccccc2C#N)c1. The first-order valence-electron chi connectivity index (χ1n) is 6.02. The lowest BCUT2D eigenvalue weighted by Gasteiger charge is -2.07. The van der Waals surface area contributed by atoms with E-state index in [4.69, 9.17) is 5.26 Å². The van der Waals surface area contributed by atoms with E-state index in [1.54, 1.807) is 24.3 Å². The highest BCUT2D eigenvalue weighted by Gasteiger charge is 2.12. The zero-order valence-electron chi connectivity index (χ0n) is 11.2. The Morgan fingerprint density at radius 3 is 2.52 bits per heavy atom. The van der Waals surface area contributed by atoms with Gasteiger partial charge in [0.2, 0.25) is 0 Å². The number of rotatable bonds is 3. The number of nitriles is 1. The zero-order valence-corrected chi connectivity index (χ0v) is 12.0. The summed E-state index contributed by atoms with van der Waals surface area (Å²) in [5.41, 5.74) is 0.936. The molecule has 0 spiro atoms. The molecule has 0 bridgehead atoms. The van der Waals surface area contributed by atoms with Crippen molar-refractivity contribution in [3.05, 3.63) is 59.7 Å². The smallest absolute Gasteiger partial charge is 0.255 e. The van der Waals surface area contributed by atoms with Crippen molar-refractivity contribution in [2.24, 2.45) is 0 Å². The Labute approximate surface area is 122 Å². The van der Waals surface area contributed by atoms with Gasteiger partial charge in [0.15, 0.2) is 9.84 Å². The molecule has 0 saturated heterocycles. The standard InChI is InChI=1S/C15H12N2O3S/c1-21(19,20)13-7-4-6-11(9-13)15(18)17-14-8-3-2-5-12(14)10-16/h2-9H,1H3,(H,17,18). The highest BCUT2D eigenvalue weighted by Crippen LogP contribution is 2.16. The number of hydrogen-bond donors (Lipinski definition) is 1. The van der Waals surface area contributed by atoms with E-state index < -0.39 is 15.7 Å². The average molecular weight is 300 g/mol. The van der Waals surface area contributed by atoms with Crippen molar-refractivity contribution in [2.75, 3.05) is 11.6 Å². The maximum atomic E-state index is 12.1. The third-order valence-corrected chi connectivity index (χ3v) is 3.93. The number of sulfone groups is 1. The highest BCUT2D eigenvalue weighted by molar-refractivity contribution is 7.90. The third-order valence-electron chi connectivity index (χ3n) is 2.82. The molecule has 0 fully saturated rings. The molecule has 0 aromatic heterocycles. The van der Waals surface area contributed by atoms with Crippen LogP contribution in [0.1, 0.15) is 15.9 Å².